The minimum absolute atomic E-state index is 0. The molecule has 0 aromatic heterocycles. The summed E-state index contributed by atoms with van der Waals surface area (Å²) >= 11 is 6.67. The van der Waals surface area contributed by atoms with E-state index in [-0.39, 0.29) is 18.3 Å². The summed E-state index contributed by atoms with van der Waals surface area (Å²) in [6.07, 6.45) is 7.56. The van der Waals surface area contributed by atoms with Gasteiger partial charge in [0.2, 0.25) is 0 Å². The molecule has 0 amide bonds. The molecule has 0 radical (unpaired) electrons. The maximum absolute atomic E-state index is 11.7. The molecular weight excluding hydrogens is 457 g/mol. The number of halogens is 2. The number of hydrogen-bond donors (Lipinski definition) is 1. The Hall–Kier alpha value is -1.30. The number of nitrogens with zero attached hydrogens (tertiary/aromatic N) is 1. The zero-order valence-corrected chi connectivity index (χ0v) is 21.1. The van der Waals surface area contributed by atoms with Gasteiger partial charge in [-0.3, -0.25) is 0 Å². The molecule has 1 atom stereocenters. The average Bonchev–Trinajstić information content (AvgIpc) is 2.83. The Morgan fingerprint density at radius 2 is 1.76 bits per heavy atom. The van der Waals surface area contributed by atoms with Crippen molar-refractivity contribution in [3.63, 3.8) is 0 Å². The van der Waals surface area contributed by atoms with Crippen LogP contribution < -0.4 is 4.74 Å². The number of hydrogen-bond acceptors (Lipinski definition) is 4. The molecular formula is C27H37Cl2NO3. The van der Waals surface area contributed by atoms with Gasteiger partial charge in [-0.1, -0.05) is 67.3 Å². The van der Waals surface area contributed by atoms with Gasteiger partial charge in [-0.15, -0.1) is 12.4 Å². The number of rotatable bonds is 8. The van der Waals surface area contributed by atoms with Crippen LogP contribution in [0.3, 0.4) is 0 Å². The SMILES string of the molecule is COC1CCN(CC(c2ccc(OCc3ccccc3)c(Cl)c2)C2(O)CCCCC2)CC1.Cl. The fourth-order valence-electron chi connectivity index (χ4n) is 5.27. The van der Waals surface area contributed by atoms with E-state index in [1.54, 1.807) is 7.11 Å². The van der Waals surface area contributed by atoms with Gasteiger partial charge in [-0.25, -0.2) is 0 Å². The Balaban J connectivity index is 0.00000306. The largest absolute Gasteiger partial charge is 0.487 e. The lowest BCUT2D eigenvalue weighted by Gasteiger charge is -2.43. The fourth-order valence-corrected chi connectivity index (χ4v) is 5.51. The summed E-state index contributed by atoms with van der Waals surface area (Å²) in [5.41, 5.74) is 1.55. The summed E-state index contributed by atoms with van der Waals surface area (Å²) in [5.74, 6) is 0.733. The van der Waals surface area contributed by atoms with Crippen LogP contribution in [0.4, 0.5) is 0 Å². The van der Waals surface area contributed by atoms with Crippen molar-refractivity contribution in [3.05, 3.63) is 64.7 Å². The quantitative estimate of drug-likeness (QED) is 0.473. The zero-order valence-electron chi connectivity index (χ0n) is 19.5. The highest BCUT2D eigenvalue weighted by Gasteiger charge is 2.40. The normalized spacial score (nSPS) is 20.1. The van der Waals surface area contributed by atoms with Crippen molar-refractivity contribution in [2.24, 2.45) is 0 Å². The molecule has 1 heterocycles. The Bertz CT molecular complexity index is 850. The third kappa shape index (κ3) is 6.86. The lowest BCUT2D eigenvalue weighted by Crippen LogP contribution is -2.46. The molecule has 0 bridgehead atoms. The molecule has 2 fully saturated rings. The molecule has 1 unspecified atom stereocenters. The lowest BCUT2D eigenvalue weighted by atomic mass is 9.72. The predicted octanol–water partition coefficient (Wildman–Crippen LogP) is 6.23. The van der Waals surface area contributed by atoms with Crippen LogP contribution in [0.1, 0.15) is 62.0 Å². The molecule has 1 aliphatic heterocycles. The number of piperidine rings is 1. The predicted molar refractivity (Wildman–Crippen MR) is 137 cm³/mol. The summed E-state index contributed by atoms with van der Waals surface area (Å²) < 4.78 is 11.5. The third-order valence-electron chi connectivity index (χ3n) is 7.27. The van der Waals surface area contributed by atoms with E-state index in [1.165, 1.54) is 6.42 Å². The number of aliphatic hydroxyl groups is 1. The molecule has 1 aliphatic carbocycles. The Morgan fingerprint density at radius 1 is 1.06 bits per heavy atom. The van der Waals surface area contributed by atoms with E-state index in [9.17, 15) is 5.11 Å². The van der Waals surface area contributed by atoms with E-state index in [0.29, 0.717) is 23.5 Å². The van der Waals surface area contributed by atoms with Crippen molar-refractivity contribution in [1.29, 1.82) is 0 Å². The van der Waals surface area contributed by atoms with E-state index >= 15 is 0 Å². The second kappa shape index (κ2) is 12.4. The van der Waals surface area contributed by atoms with Gasteiger partial charge in [-0.2, -0.15) is 0 Å². The van der Waals surface area contributed by atoms with Gasteiger partial charge in [0.25, 0.3) is 0 Å². The zero-order chi connectivity index (χ0) is 22.4. The molecule has 2 aromatic rings. The van der Waals surface area contributed by atoms with Gasteiger partial charge in [0.05, 0.1) is 16.7 Å². The Labute approximate surface area is 209 Å². The first-order valence-corrected chi connectivity index (χ1v) is 12.4. The lowest BCUT2D eigenvalue weighted by molar-refractivity contribution is -0.0371. The van der Waals surface area contributed by atoms with Crippen LogP contribution in [-0.2, 0) is 11.3 Å². The molecule has 0 spiro atoms. The van der Waals surface area contributed by atoms with Crippen molar-refractivity contribution >= 4 is 24.0 Å². The van der Waals surface area contributed by atoms with Crippen LogP contribution in [0.5, 0.6) is 5.75 Å². The van der Waals surface area contributed by atoms with E-state index in [4.69, 9.17) is 21.1 Å². The standard InChI is InChI=1S/C27H36ClNO3.ClH/c1-31-23-12-16-29(17-13-23)19-24(27(30)14-6-3-7-15-27)22-10-11-26(25(28)18-22)32-20-21-8-4-2-5-9-21;/h2,4-5,8-11,18,23-24,30H,3,6-7,12-17,19-20H2,1H3;1H. The monoisotopic (exact) mass is 493 g/mol. The molecule has 1 N–H and O–H groups in total. The van der Waals surface area contributed by atoms with E-state index in [1.807, 2.05) is 42.5 Å². The molecule has 182 valence electrons. The minimum atomic E-state index is -0.675. The minimum Gasteiger partial charge on any atom is -0.487 e. The van der Waals surface area contributed by atoms with Gasteiger partial charge in [0, 0.05) is 32.7 Å². The van der Waals surface area contributed by atoms with E-state index < -0.39 is 5.60 Å². The second-order valence-corrected chi connectivity index (χ2v) is 9.82. The summed E-state index contributed by atoms with van der Waals surface area (Å²) in [6.45, 7) is 3.36. The van der Waals surface area contributed by atoms with E-state index in [0.717, 1.165) is 69.3 Å². The summed E-state index contributed by atoms with van der Waals surface area (Å²) in [7, 11) is 1.80. The van der Waals surface area contributed by atoms with Crippen LogP contribution in [0.2, 0.25) is 5.02 Å². The van der Waals surface area contributed by atoms with E-state index in [2.05, 4.69) is 11.0 Å². The smallest absolute Gasteiger partial charge is 0.138 e. The maximum atomic E-state index is 11.7. The molecule has 4 rings (SSSR count). The van der Waals surface area contributed by atoms with Gasteiger partial charge in [0.15, 0.2) is 0 Å². The van der Waals surface area contributed by atoms with Gasteiger partial charge < -0.3 is 19.5 Å². The average molecular weight is 495 g/mol. The molecule has 2 aromatic carbocycles. The molecule has 2 aliphatic rings. The Kier molecular flexibility index (Phi) is 9.90. The van der Waals surface area contributed by atoms with Crippen molar-refractivity contribution in [3.8, 4) is 5.75 Å². The van der Waals surface area contributed by atoms with Gasteiger partial charge in [-0.05, 0) is 48.9 Å². The number of methoxy groups -OCH3 is 1. The van der Waals surface area contributed by atoms with Gasteiger partial charge in [0.1, 0.15) is 12.4 Å². The van der Waals surface area contributed by atoms with Crippen LogP contribution in [0.25, 0.3) is 0 Å². The highest BCUT2D eigenvalue weighted by atomic mass is 35.5. The van der Waals surface area contributed by atoms with Crippen LogP contribution in [0, 0.1) is 0 Å². The van der Waals surface area contributed by atoms with Crippen molar-refractivity contribution in [2.75, 3.05) is 26.7 Å². The fraction of sp³-hybridized carbons (Fsp3) is 0.556. The van der Waals surface area contributed by atoms with Gasteiger partial charge >= 0.3 is 0 Å². The van der Waals surface area contributed by atoms with Crippen LogP contribution in [-0.4, -0.2) is 48.5 Å². The van der Waals surface area contributed by atoms with Crippen molar-refractivity contribution in [1.82, 2.24) is 4.90 Å². The first kappa shape index (κ1) is 26.3. The molecule has 1 saturated carbocycles. The second-order valence-electron chi connectivity index (χ2n) is 9.42. The summed E-state index contributed by atoms with van der Waals surface area (Å²) in [4.78, 5) is 2.49. The van der Waals surface area contributed by atoms with Crippen molar-refractivity contribution < 1.29 is 14.6 Å². The molecule has 1 saturated heterocycles. The highest BCUT2D eigenvalue weighted by molar-refractivity contribution is 6.32. The Morgan fingerprint density at radius 3 is 2.39 bits per heavy atom. The summed E-state index contributed by atoms with van der Waals surface area (Å²) in [5, 5.41) is 12.3. The highest BCUT2D eigenvalue weighted by Crippen LogP contribution is 2.42. The molecule has 4 nitrogen and oxygen atoms in total. The summed E-state index contributed by atoms with van der Waals surface area (Å²) in [6, 6.07) is 16.2. The molecule has 33 heavy (non-hydrogen) atoms. The first-order valence-electron chi connectivity index (χ1n) is 12.0. The first-order chi connectivity index (χ1) is 15.6. The van der Waals surface area contributed by atoms with Crippen LogP contribution in [0.15, 0.2) is 48.5 Å². The maximum Gasteiger partial charge on any atom is 0.138 e. The number of ether oxygens (including phenoxy) is 2. The third-order valence-corrected chi connectivity index (χ3v) is 7.57. The van der Waals surface area contributed by atoms with Crippen LogP contribution >= 0.6 is 24.0 Å². The number of likely N-dealkylation sites (tertiary alicyclic amines) is 1. The number of benzene rings is 2. The van der Waals surface area contributed by atoms with Crippen molar-refractivity contribution in [2.45, 2.75) is 69.2 Å². The molecule has 6 heteroatoms. The topological polar surface area (TPSA) is 41.9 Å².